The molecular weight excluding hydrogens is 518 g/mol. The number of ketones is 1. The quantitative estimate of drug-likeness (QED) is 0.0625. The summed E-state index contributed by atoms with van der Waals surface area (Å²) in [5.41, 5.74) is -3.13. The van der Waals surface area contributed by atoms with Gasteiger partial charge in [0.1, 0.15) is 0 Å². The van der Waals surface area contributed by atoms with Crippen LogP contribution in [0.1, 0.15) is 129 Å². The Labute approximate surface area is 226 Å². The second-order valence-corrected chi connectivity index (χ2v) is 11.2. The molecule has 12 heteroatoms. The molecule has 0 aliphatic rings. The lowest BCUT2D eigenvalue weighted by Gasteiger charge is -2.35. The summed E-state index contributed by atoms with van der Waals surface area (Å²) in [5, 5.41) is 27.8. The van der Waals surface area contributed by atoms with Crippen molar-refractivity contribution in [1.82, 2.24) is 4.31 Å². The predicted molar refractivity (Wildman–Crippen MR) is 142 cm³/mol. The summed E-state index contributed by atoms with van der Waals surface area (Å²) in [6.07, 6.45) is 13.9. The summed E-state index contributed by atoms with van der Waals surface area (Å²) in [7, 11) is -5.30. The molecule has 0 radical (unpaired) electrons. The Hall–Kier alpha value is -2.05. The van der Waals surface area contributed by atoms with Crippen LogP contribution in [0.25, 0.3) is 0 Å². The van der Waals surface area contributed by atoms with Crippen LogP contribution in [0, 0.1) is 0 Å². The molecule has 11 nitrogen and oxygen atoms in total. The zero-order valence-corrected chi connectivity index (χ0v) is 23.6. The third-order valence-electron chi connectivity index (χ3n) is 6.71. The van der Waals surface area contributed by atoms with Crippen molar-refractivity contribution in [2.75, 3.05) is 6.54 Å². The summed E-state index contributed by atoms with van der Waals surface area (Å²) in [6, 6.07) is 0. The first-order valence-electron chi connectivity index (χ1n) is 13.8. The standard InChI is InChI=1S/C26H47NO10S/c1-2-3-4-5-6-7-8-9-10-11-12-13-14-15-16-17-20-27(38(35,36)37)26(25(33)34,21-24(31)32)22(28)18-19-23(29)30/h2-21H2,1H3,(H,29,30)(H,31,32)(H,33,34)(H,35,36,37)/t26-/m1/s1. The number of nitrogens with zero attached hydrogens (tertiary/aromatic N) is 1. The van der Waals surface area contributed by atoms with Crippen LogP contribution >= 0.6 is 0 Å². The van der Waals surface area contributed by atoms with Crippen LogP contribution in [0.2, 0.25) is 0 Å². The number of unbranched alkanes of at least 4 members (excludes halogenated alkanes) is 15. The number of carbonyl (C=O) groups excluding carboxylic acids is 1. The number of carbonyl (C=O) groups is 4. The molecule has 222 valence electrons. The van der Waals surface area contributed by atoms with Gasteiger partial charge in [-0.25, -0.2) is 4.79 Å². The van der Waals surface area contributed by atoms with Gasteiger partial charge in [0.15, 0.2) is 5.78 Å². The smallest absolute Gasteiger partial charge is 0.337 e. The highest BCUT2D eigenvalue weighted by Crippen LogP contribution is 2.28. The molecule has 0 bridgehead atoms. The Balaban J connectivity index is 4.63. The Morgan fingerprint density at radius 3 is 1.34 bits per heavy atom. The van der Waals surface area contributed by atoms with Crippen LogP contribution in [0.5, 0.6) is 0 Å². The van der Waals surface area contributed by atoms with Crippen molar-refractivity contribution in [3.05, 3.63) is 0 Å². The topological polar surface area (TPSA) is 187 Å². The van der Waals surface area contributed by atoms with E-state index in [1.54, 1.807) is 0 Å². The van der Waals surface area contributed by atoms with Gasteiger partial charge in [0, 0.05) is 13.0 Å². The molecule has 0 aromatic rings. The Kier molecular flexibility index (Phi) is 18.9. The molecule has 0 aromatic heterocycles. The first-order valence-corrected chi connectivity index (χ1v) is 15.2. The van der Waals surface area contributed by atoms with Crippen molar-refractivity contribution in [2.24, 2.45) is 0 Å². The zero-order valence-electron chi connectivity index (χ0n) is 22.7. The molecule has 0 unspecified atom stereocenters. The molecule has 38 heavy (non-hydrogen) atoms. The van der Waals surface area contributed by atoms with E-state index in [0.717, 1.165) is 32.1 Å². The number of hydrogen-bond acceptors (Lipinski definition) is 6. The zero-order chi connectivity index (χ0) is 29.0. The van der Waals surface area contributed by atoms with Crippen molar-refractivity contribution < 1.29 is 47.5 Å². The van der Waals surface area contributed by atoms with Gasteiger partial charge in [-0.15, -0.1) is 0 Å². The summed E-state index contributed by atoms with van der Waals surface area (Å²) in [6.45, 7) is 1.63. The fraction of sp³-hybridized carbons (Fsp3) is 0.846. The maximum absolute atomic E-state index is 12.7. The molecule has 0 spiro atoms. The van der Waals surface area contributed by atoms with Crippen LogP contribution < -0.4 is 0 Å². The van der Waals surface area contributed by atoms with E-state index in [2.05, 4.69) is 6.92 Å². The van der Waals surface area contributed by atoms with Crippen LogP contribution in [0.3, 0.4) is 0 Å². The molecule has 0 rings (SSSR count). The first kappa shape index (κ1) is 35.9. The van der Waals surface area contributed by atoms with Gasteiger partial charge in [0.2, 0.25) is 5.54 Å². The van der Waals surface area contributed by atoms with Crippen LogP contribution in [-0.2, 0) is 29.5 Å². The van der Waals surface area contributed by atoms with Crippen LogP contribution in [-0.4, -0.2) is 68.4 Å². The summed E-state index contributed by atoms with van der Waals surface area (Å²) in [5.74, 6) is -6.71. The molecule has 4 N–H and O–H groups in total. The minimum absolute atomic E-state index is 0.00948. The molecule has 0 aliphatic carbocycles. The molecular formula is C26H47NO10S. The van der Waals surface area contributed by atoms with E-state index in [1.165, 1.54) is 57.8 Å². The Bertz CT molecular complexity index is 830. The second kappa shape index (κ2) is 19.9. The monoisotopic (exact) mass is 565 g/mol. The van der Waals surface area contributed by atoms with E-state index < -0.39 is 65.3 Å². The molecule has 0 amide bonds. The van der Waals surface area contributed by atoms with Crippen molar-refractivity contribution in [3.8, 4) is 0 Å². The van der Waals surface area contributed by atoms with Gasteiger partial charge < -0.3 is 15.3 Å². The number of Topliss-reactive ketones (excluding diaryl/α,β-unsaturated/α-hetero) is 1. The highest BCUT2D eigenvalue weighted by Gasteiger charge is 2.56. The van der Waals surface area contributed by atoms with Gasteiger partial charge in [-0.05, 0) is 6.42 Å². The second-order valence-electron chi connectivity index (χ2n) is 9.91. The number of rotatable bonds is 26. The molecule has 0 saturated carbocycles. The average Bonchev–Trinajstić information content (AvgIpc) is 2.82. The van der Waals surface area contributed by atoms with Gasteiger partial charge in [-0.2, -0.15) is 12.7 Å². The molecule has 0 aromatic carbocycles. The number of aliphatic carboxylic acids is 3. The van der Waals surface area contributed by atoms with Crippen molar-refractivity contribution in [3.63, 3.8) is 0 Å². The Morgan fingerprint density at radius 2 is 1.03 bits per heavy atom. The lowest BCUT2D eigenvalue weighted by atomic mass is 9.87. The predicted octanol–water partition coefficient (Wildman–Crippen LogP) is 5.08. The summed E-state index contributed by atoms with van der Waals surface area (Å²) < 4.78 is 33.8. The maximum Gasteiger partial charge on any atom is 0.337 e. The molecule has 0 saturated heterocycles. The largest absolute Gasteiger partial charge is 0.481 e. The van der Waals surface area contributed by atoms with Crippen molar-refractivity contribution in [2.45, 2.75) is 134 Å². The number of hydrogen-bond donors (Lipinski definition) is 4. The normalized spacial score (nSPS) is 13.3. The van der Waals surface area contributed by atoms with E-state index >= 15 is 0 Å². The third kappa shape index (κ3) is 14.8. The van der Waals surface area contributed by atoms with Crippen molar-refractivity contribution >= 4 is 34.0 Å². The van der Waals surface area contributed by atoms with Crippen LogP contribution in [0.15, 0.2) is 0 Å². The van der Waals surface area contributed by atoms with E-state index in [4.69, 9.17) is 5.11 Å². The summed E-state index contributed by atoms with van der Waals surface area (Å²) >= 11 is 0. The van der Waals surface area contributed by atoms with Gasteiger partial charge in [0.25, 0.3) is 0 Å². The van der Waals surface area contributed by atoms with Gasteiger partial charge in [-0.1, -0.05) is 103 Å². The fourth-order valence-corrected chi connectivity index (χ4v) is 5.58. The molecule has 0 aliphatic heterocycles. The highest BCUT2D eigenvalue weighted by atomic mass is 32.2. The molecule has 1 atom stereocenters. The van der Waals surface area contributed by atoms with Crippen LogP contribution in [0.4, 0.5) is 0 Å². The summed E-state index contributed by atoms with van der Waals surface area (Å²) in [4.78, 5) is 46.9. The van der Waals surface area contributed by atoms with E-state index in [0.29, 0.717) is 6.42 Å². The molecule has 0 fully saturated rings. The SMILES string of the molecule is CCCCCCCCCCCCCCCCCCN([C@@](CC(=O)O)(C(=O)O)C(=O)CCC(=O)O)S(=O)(=O)O. The minimum Gasteiger partial charge on any atom is -0.481 e. The van der Waals surface area contributed by atoms with E-state index in [1.807, 2.05) is 0 Å². The van der Waals surface area contributed by atoms with Gasteiger partial charge >= 0.3 is 28.2 Å². The van der Waals surface area contributed by atoms with Gasteiger partial charge in [-0.3, -0.25) is 18.9 Å². The Morgan fingerprint density at radius 1 is 0.632 bits per heavy atom. The maximum atomic E-state index is 12.7. The fourth-order valence-electron chi connectivity index (χ4n) is 4.58. The van der Waals surface area contributed by atoms with E-state index in [-0.39, 0.29) is 10.7 Å². The number of carboxylic acid groups (broad SMARTS) is 3. The average molecular weight is 566 g/mol. The van der Waals surface area contributed by atoms with Crippen molar-refractivity contribution in [1.29, 1.82) is 0 Å². The van der Waals surface area contributed by atoms with Gasteiger partial charge in [0.05, 0.1) is 12.8 Å². The molecule has 0 heterocycles. The highest BCUT2D eigenvalue weighted by molar-refractivity contribution is 7.83. The first-order chi connectivity index (χ1) is 17.9. The number of carboxylic acids is 3. The lowest BCUT2D eigenvalue weighted by Crippen LogP contribution is -2.63. The lowest BCUT2D eigenvalue weighted by molar-refractivity contribution is -0.161. The minimum atomic E-state index is -5.30. The third-order valence-corrected chi connectivity index (χ3v) is 7.76. The van der Waals surface area contributed by atoms with E-state index in [9.17, 15) is 42.4 Å².